The van der Waals surface area contributed by atoms with Crippen molar-refractivity contribution in [2.24, 2.45) is 0 Å². The maximum atomic E-state index is 13.3. The van der Waals surface area contributed by atoms with Crippen LogP contribution in [0.1, 0.15) is 59.2 Å². The molecule has 32 heavy (non-hydrogen) atoms. The first-order valence-electron chi connectivity index (χ1n) is 10.2. The largest absolute Gasteiger partial charge is 0.439 e. The third-order valence-corrected chi connectivity index (χ3v) is 6.18. The zero-order valence-corrected chi connectivity index (χ0v) is 17.3. The summed E-state index contributed by atoms with van der Waals surface area (Å²) < 4.78 is 85.2. The first-order chi connectivity index (χ1) is 14.9. The number of fused-ring (bicyclic) bond motifs is 1. The van der Waals surface area contributed by atoms with E-state index in [1.54, 1.807) is 13.9 Å². The number of benzene rings is 2. The van der Waals surface area contributed by atoms with Crippen LogP contribution in [0.4, 0.5) is 31.1 Å². The minimum Gasteiger partial charge on any atom is -0.439 e. The number of halogens is 6. The number of carbonyl (C=O) groups is 1. The van der Waals surface area contributed by atoms with Gasteiger partial charge in [-0.25, -0.2) is 4.79 Å². The van der Waals surface area contributed by atoms with E-state index in [9.17, 15) is 31.1 Å². The summed E-state index contributed by atoms with van der Waals surface area (Å²) in [6, 6.07) is 5.78. The van der Waals surface area contributed by atoms with E-state index in [0.717, 1.165) is 24.3 Å². The lowest BCUT2D eigenvalue weighted by Crippen LogP contribution is -2.42. The van der Waals surface area contributed by atoms with Crippen molar-refractivity contribution >= 4 is 19.4 Å². The minimum atomic E-state index is -4.55. The third kappa shape index (κ3) is 4.07. The van der Waals surface area contributed by atoms with Crippen LogP contribution < -0.4 is 5.46 Å². The Bertz CT molecular complexity index is 1050. The molecule has 0 aliphatic carbocycles. The van der Waals surface area contributed by atoms with E-state index in [0.29, 0.717) is 35.9 Å². The van der Waals surface area contributed by atoms with Crippen LogP contribution in [0.25, 0.3) is 0 Å². The quantitative estimate of drug-likeness (QED) is 0.467. The Morgan fingerprint density at radius 3 is 2.31 bits per heavy atom. The van der Waals surface area contributed by atoms with E-state index < -0.39 is 47.8 Å². The van der Waals surface area contributed by atoms with E-state index in [2.05, 4.69) is 0 Å². The number of hydrogen-bond acceptors (Lipinski definition) is 2. The van der Waals surface area contributed by atoms with Crippen molar-refractivity contribution in [3.8, 4) is 0 Å². The number of alkyl halides is 6. The Labute approximate surface area is 181 Å². The summed E-state index contributed by atoms with van der Waals surface area (Å²) in [7, 11) is 1.67. The van der Waals surface area contributed by atoms with Gasteiger partial charge in [0.05, 0.1) is 23.2 Å². The Hall–Kier alpha value is -2.65. The second kappa shape index (κ2) is 7.74. The van der Waals surface area contributed by atoms with Gasteiger partial charge in [-0.05, 0) is 55.5 Å². The first-order valence-corrected chi connectivity index (χ1v) is 10.2. The molecule has 0 radical (unpaired) electrons. The molecule has 10 heteroatoms. The standard InChI is InChI=1S/C22H20BF6NO2/c1-11-7-12(9-14(8-11)22(27,28)29)19-18-4-2-3-17(30(18)20(31)32-19)15-10-13(21(24,25)26)5-6-16(15)23/h5-10,17-19H,2-4,23H2,1H3/t17-,18-,19+/m0/s1. The molecular formula is C22H20BF6NO2. The lowest BCUT2D eigenvalue weighted by atomic mass is 9.80. The number of ether oxygens (including phenoxy) is 1. The summed E-state index contributed by atoms with van der Waals surface area (Å²) in [6.07, 6.45) is -9.18. The highest BCUT2D eigenvalue weighted by molar-refractivity contribution is 6.33. The molecular weight excluding hydrogens is 435 g/mol. The van der Waals surface area contributed by atoms with Crippen LogP contribution in [0.15, 0.2) is 36.4 Å². The number of cyclic esters (lactones) is 1. The van der Waals surface area contributed by atoms with Crippen molar-refractivity contribution in [3.05, 3.63) is 64.2 Å². The summed E-state index contributed by atoms with van der Waals surface area (Å²) in [5.41, 5.74) is -0.0388. The maximum absolute atomic E-state index is 13.3. The van der Waals surface area contributed by atoms with Gasteiger partial charge in [-0.15, -0.1) is 0 Å². The molecule has 4 rings (SSSR count). The van der Waals surface area contributed by atoms with Crippen molar-refractivity contribution in [2.45, 2.75) is 56.7 Å². The third-order valence-electron chi connectivity index (χ3n) is 6.18. The van der Waals surface area contributed by atoms with Crippen LogP contribution in [0.2, 0.25) is 0 Å². The highest BCUT2D eigenvalue weighted by Gasteiger charge is 2.49. The number of amides is 1. The van der Waals surface area contributed by atoms with Gasteiger partial charge in [0, 0.05) is 0 Å². The van der Waals surface area contributed by atoms with Gasteiger partial charge >= 0.3 is 18.4 Å². The molecule has 0 N–H and O–H groups in total. The number of aryl methyl sites for hydroxylation is 1. The fourth-order valence-electron chi connectivity index (χ4n) is 4.75. The van der Waals surface area contributed by atoms with E-state index in [4.69, 9.17) is 4.74 Å². The molecule has 0 spiro atoms. The highest BCUT2D eigenvalue weighted by atomic mass is 19.4. The Morgan fingerprint density at radius 2 is 1.66 bits per heavy atom. The normalized spacial score (nSPS) is 23.8. The van der Waals surface area contributed by atoms with Gasteiger partial charge in [0.1, 0.15) is 14.0 Å². The highest BCUT2D eigenvalue weighted by Crippen LogP contribution is 2.46. The average molecular weight is 455 g/mol. The molecule has 2 aliphatic rings. The summed E-state index contributed by atoms with van der Waals surface area (Å²) >= 11 is 0. The van der Waals surface area contributed by atoms with Crippen LogP contribution in [0.3, 0.4) is 0 Å². The van der Waals surface area contributed by atoms with Crippen molar-refractivity contribution in [1.29, 1.82) is 0 Å². The Balaban J connectivity index is 1.72. The van der Waals surface area contributed by atoms with Crippen molar-refractivity contribution < 1.29 is 35.9 Å². The smallest absolute Gasteiger partial charge is 0.416 e. The molecule has 2 saturated heterocycles. The van der Waals surface area contributed by atoms with E-state index in [-0.39, 0.29) is 5.56 Å². The number of rotatable bonds is 2. The Kier molecular flexibility index (Phi) is 5.45. The van der Waals surface area contributed by atoms with Gasteiger partial charge in [0.2, 0.25) is 0 Å². The van der Waals surface area contributed by atoms with E-state index in [1.807, 2.05) is 0 Å². The van der Waals surface area contributed by atoms with Crippen LogP contribution in [0.5, 0.6) is 0 Å². The van der Waals surface area contributed by atoms with E-state index in [1.165, 1.54) is 17.9 Å². The molecule has 2 aromatic rings. The van der Waals surface area contributed by atoms with Crippen LogP contribution in [0, 0.1) is 6.92 Å². The molecule has 3 nitrogen and oxygen atoms in total. The summed E-state index contributed by atoms with van der Waals surface area (Å²) in [4.78, 5) is 14.2. The molecule has 2 fully saturated rings. The Morgan fingerprint density at radius 1 is 0.969 bits per heavy atom. The predicted octanol–water partition coefficient (Wildman–Crippen LogP) is 5.08. The van der Waals surface area contributed by atoms with Gasteiger partial charge in [0.15, 0.2) is 0 Å². The zero-order valence-electron chi connectivity index (χ0n) is 17.3. The molecule has 2 aromatic carbocycles. The molecule has 2 aliphatic heterocycles. The number of nitrogens with zero attached hydrogens (tertiary/aromatic N) is 1. The number of hydrogen-bond donors (Lipinski definition) is 0. The zero-order chi connectivity index (χ0) is 23.4. The van der Waals surface area contributed by atoms with Gasteiger partial charge in [-0.3, -0.25) is 4.90 Å². The average Bonchev–Trinajstić information content (AvgIpc) is 3.03. The maximum Gasteiger partial charge on any atom is 0.416 e. The monoisotopic (exact) mass is 455 g/mol. The molecule has 0 bridgehead atoms. The predicted molar refractivity (Wildman–Crippen MR) is 107 cm³/mol. The van der Waals surface area contributed by atoms with Gasteiger partial charge in [-0.1, -0.05) is 29.2 Å². The second-order valence-corrected chi connectivity index (χ2v) is 8.42. The first kappa shape index (κ1) is 22.5. The molecule has 0 aromatic heterocycles. The number of carbonyl (C=O) groups excluding carboxylic acids is 1. The molecule has 2 heterocycles. The molecule has 3 atom stereocenters. The van der Waals surface area contributed by atoms with Crippen LogP contribution >= 0.6 is 0 Å². The van der Waals surface area contributed by atoms with Gasteiger partial charge in [-0.2, -0.15) is 26.3 Å². The SMILES string of the molecule is Bc1ccc(C(F)(F)F)cc1[C@@H]1CCC[C@H]2[C@@H](c3cc(C)cc(C(F)(F)F)c3)OC(=O)N12. The molecule has 170 valence electrons. The van der Waals surface area contributed by atoms with Gasteiger partial charge < -0.3 is 4.74 Å². The number of piperidine rings is 1. The van der Waals surface area contributed by atoms with Gasteiger partial charge in [0.25, 0.3) is 0 Å². The molecule has 0 unspecified atom stereocenters. The fourth-order valence-corrected chi connectivity index (χ4v) is 4.75. The lowest BCUT2D eigenvalue weighted by molar-refractivity contribution is -0.138. The van der Waals surface area contributed by atoms with Crippen molar-refractivity contribution in [2.75, 3.05) is 0 Å². The summed E-state index contributed by atoms with van der Waals surface area (Å²) in [5.74, 6) is 0. The van der Waals surface area contributed by atoms with Crippen LogP contribution in [-0.4, -0.2) is 24.9 Å². The summed E-state index contributed by atoms with van der Waals surface area (Å²) in [6.45, 7) is 1.53. The molecule has 1 amide bonds. The van der Waals surface area contributed by atoms with Crippen LogP contribution in [-0.2, 0) is 17.1 Å². The lowest BCUT2D eigenvalue weighted by Gasteiger charge is -2.38. The molecule has 0 saturated carbocycles. The van der Waals surface area contributed by atoms with Crippen molar-refractivity contribution in [1.82, 2.24) is 4.90 Å². The minimum absolute atomic E-state index is 0.236. The topological polar surface area (TPSA) is 29.5 Å². The summed E-state index contributed by atoms with van der Waals surface area (Å²) in [5, 5.41) is 0. The fraction of sp³-hybridized carbons (Fsp3) is 0.409. The second-order valence-electron chi connectivity index (χ2n) is 8.42. The van der Waals surface area contributed by atoms with Crippen molar-refractivity contribution in [3.63, 3.8) is 0 Å². The van der Waals surface area contributed by atoms with E-state index >= 15 is 0 Å².